The van der Waals surface area contributed by atoms with E-state index in [2.05, 4.69) is 46.4 Å². The van der Waals surface area contributed by atoms with Crippen molar-refractivity contribution in [3.63, 3.8) is 0 Å². The first kappa shape index (κ1) is 16.2. The van der Waals surface area contributed by atoms with Gasteiger partial charge in [0.15, 0.2) is 0 Å². The Labute approximate surface area is 138 Å². The van der Waals surface area contributed by atoms with E-state index in [4.69, 9.17) is 4.74 Å². The Balaban J connectivity index is 1.51. The van der Waals surface area contributed by atoms with Gasteiger partial charge in [-0.2, -0.15) is 0 Å². The van der Waals surface area contributed by atoms with E-state index in [0.717, 1.165) is 39.3 Å². The van der Waals surface area contributed by atoms with Crippen molar-refractivity contribution in [1.82, 2.24) is 19.8 Å². The molecule has 0 saturated carbocycles. The number of hydrogen-bond donors (Lipinski definition) is 1. The van der Waals surface area contributed by atoms with Gasteiger partial charge in [-0.1, -0.05) is 24.3 Å². The minimum Gasteiger partial charge on any atom is -0.376 e. The minimum absolute atomic E-state index is 0.340. The van der Waals surface area contributed by atoms with Crippen molar-refractivity contribution in [2.45, 2.75) is 32.7 Å². The predicted molar refractivity (Wildman–Crippen MR) is 90.9 cm³/mol. The SMILES string of the molecule is C[C@@H]1CN(Cc2cccc(CNCc3cncn3C)c2)CCO1. The Morgan fingerprint density at radius 3 is 2.96 bits per heavy atom. The summed E-state index contributed by atoms with van der Waals surface area (Å²) >= 11 is 0. The van der Waals surface area contributed by atoms with E-state index in [9.17, 15) is 0 Å². The Bertz CT molecular complexity index is 625. The average Bonchev–Trinajstić information content (AvgIpc) is 2.93. The standard InChI is InChI=1S/C18H26N4O/c1-15-12-22(6-7-23-15)13-17-5-3-4-16(8-17)9-19-10-18-11-20-14-21(18)2/h3-5,8,11,14-15,19H,6-7,9-10,12-13H2,1-2H3/t15-/m1/s1. The molecule has 1 aliphatic rings. The van der Waals surface area contributed by atoms with E-state index < -0.39 is 0 Å². The van der Waals surface area contributed by atoms with Crippen LogP contribution in [-0.4, -0.2) is 40.3 Å². The maximum atomic E-state index is 5.61. The summed E-state index contributed by atoms with van der Waals surface area (Å²) in [5.41, 5.74) is 3.90. The van der Waals surface area contributed by atoms with Crippen LogP contribution in [0.2, 0.25) is 0 Å². The van der Waals surface area contributed by atoms with Crippen LogP contribution in [0.1, 0.15) is 23.7 Å². The molecule has 0 unspecified atom stereocenters. The van der Waals surface area contributed by atoms with Crippen molar-refractivity contribution >= 4 is 0 Å². The molecule has 1 aromatic carbocycles. The van der Waals surface area contributed by atoms with Crippen molar-refractivity contribution in [2.75, 3.05) is 19.7 Å². The smallest absolute Gasteiger partial charge is 0.0945 e. The van der Waals surface area contributed by atoms with Gasteiger partial charge in [0.25, 0.3) is 0 Å². The van der Waals surface area contributed by atoms with E-state index in [-0.39, 0.29) is 0 Å². The largest absolute Gasteiger partial charge is 0.376 e. The van der Waals surface area contributed by atoms with E-state index in [1.54, 1.807) is 0 Å². The van der Waals surface area contributed by atoms with Gasteiger partial charge in [-0.05, 0) is 18.1 Å². The zero-order valence-corrected chi connectivity index (χ0v) is 14.0. The molecule has 0 radical (unpaired) electrons. The lowest BCUT2D eigenvalue weighted by Gasteiger charge is -2.31. The van der Waals surface area contributed by atoms with E-state index in [0.29, 0.717) is 6.10 Å². The second-order valence-corrected chi connectivity index (χ2v) is 6.34. The normalized spacial score (nSPS) is 19.1. The molecule has 1 fully saturated rings. The first-order chi connectivity index (χ1) is 11.2. The predicted octanol–water partition coefficient (Wildman–Crippen LogP) is 1.93. The fourth-order valence-corrected chi connectivity index (χ4v) is 3.02. The number of nitrogens with zero attached hydrogens (tertiary/aromatic N) is 3. The Morgan fingerprint density at radius 2 is 2.17 bits per heavy atom. The van der Waals surface area contributed by atoms with Crippen LogP contribution in [0.15, 0.2) is 36.8 Å². The summed E-state index contributed by atoms with van der Waals surface area (Å²) < 4.78 is 7.65. The van der Waals surface area contributed by atoms with Crippen LogP contribution in [0.25, 0.3) is 0 Å². The van der Waals surface area contributed by atoms with Crippen LogP contribution in [0.5, 0.6) is 0 Å². The molecule has 0 bridgehead atoms. The second kappa shape index (κ2) is 7.73. The third-order valence-corrected chi connectivity index (χ3v) is 4.27. The number of aromatic nitrogens is 2. The van der Waals surface area contributed by atoms with Crippen molar-refractivity contribution in [3.8, 4) is 0 Å². The molecule has 0 spiro atoms. The van der Waals surface area contributed by atoms with Gasteiger partial charge in [0.2, 0.25) is 0 Å². The van der Waals surface area contributed by atoms with Crippen LogP contribution in [0.4, 0.5) is 0 Å². The second-order valence-electron chi connectivity index (χ2n) is 6.34. The van der Waals surface area contributed by atoms with Crippen molar-refractivity contribution < 1.29 is 4.74 Å². The molecule has 5 heteroatoms. The van der Waals surface area contributed by atoms with Crippen LogP contribution in [0.3, 0.4) is 0 Å². The molecular formula is C18H26N4O. The Morgan fingerprint density at radius 1 is 1.30 bits per heavy atom. The highest BCUT2D eigenvalue weighted by Gasteiger charge is 2.16. The van der Waals surface area contributed by atoms with E-state index in [1.165, 1.54) is 16.8 Å². The molecule has 1 atom stereocenters. The molecule has 124 valence electrons. The molecule has 1 aromatic heterocycles. The number of rotatable bonds is 6. The Kier molecular flexibility index (Phi) is 5.43. The minimum atomic E-state index is 0.340. The lowest BCUT2D eigenvalue weighted by atomic mass is 10.1. The van der Waals surface area contributed by atoms with Crippen molar-refractivity contribution in [3.05, 3.63) is 53.6 Å². The van der Waals surface area contributed by atoms with Gasteiger partial charge in [0, 0.05) is 46.0 Å². The summed E-state index contributed by atoms with van der Waals surface area (Å²) in [6, 6.07) is 8.85. The summed E-state index contributed by atoms with van der Waals surface area (Å²) in [5, 5.41) is 3.49. The molecule has 0 aliphatic carbocycles. The number of imidazole rings is 1. The van der Waals surface area contributed by atoms with Crippen LogP contribution in [0, 0.1) is 0 Å². The third kappa shape index (κ3) is 4.64. The molecule has 23 heavy (non-hydrogen) atoms. The molecule has 2 aromatic rings. The summed E-state index contributed by atoms with van der Waals surface area (Å²) in [6.07, 6.45) is 4.08. The van der Waals surface area contributed by atoms with Gasteiger partial charge in [0.1, 0.15) is 0 Å². The molecule has 5 nitrogen and oxygen atoms in total. The topological polar surface area (TPSA) is 42.3 Å². The maximum absolute atomic E-state index is 5.61. The summed E-state index contributed by atoms with van der Waals surface area (Å²) in [4.78, 5) is 6.61. The fraction of sp³-hybridized carbons (Fsp3) is 0.500. The van der Waals surface area contributed by atoms with Gasteiger partial charge in [-0.25, -0.2) is 4.98 Å². The first-order valence-corrected chi connectivity index (χ1v) is 8.28. The number of benzene rings is 1. The number of morpholine rings is 1. The zero-order chi connectivity index (χ0) is 16.1. The van der Waals surface area contributed by atoms with Gasteiger partial charge in [-0.3, -0.25) is 4.90 Å². The number of aryl methyl sites for hydroxylation is 1. The van der Waals surface area contributed by atoms with Gasteiger partial charge in [-0.15, -0.1) is 0 Å². The highest BCUT2D eigenvalue weighted by molar-refractivity contribution is 5.23. The number of ether oxygens (including phenoxy) is 1. The molecule has 2 heterocycles. The summed E-state index contributed by atoms with van der Waals surface area (Å²) in [7, 11) is 2.02. The van der Waals surface area contributed by atoms with E-state index >= 15 is 0 Å². The Hall–Kier alpha value is -1.69. The summed E-state index contributed by atoms with van der Waals surface area (Å²) in [5.74, 6) is 0. The van der Waals surface area contributed by atoms with Crippen molar-refractivity contribution in [2.24, 2.45) is 7.05 Å². The average molecular weight is 314 g/mol. The van der Waals surface area contributed by atoms with E-state index in [1.807, 2.05) is 24.1 Å². The van der Waals surface area contributed by atoms with Crippen LogP contribution < -0.4 is 5.32 Å². The summed E-state index contributed by atoms with van der Waals surface area (Å²) in [6.45, 7) is 7.73. The van der Waals surface area contributed by atoms with Crippen LogP contribution in [-0.2, 0) is 31.4 Å². The van der Waals surface area contributed by atoms with Gasteiger partial charge >= 0.3 is 0 Å². The highest BCUT2D eigenvalue weighted by atomic mass is 16.5. The van der Waals surface area contributed by atoms with Gasteiger partial charge in [0.05, 0.1) is 24.7 Å². The maximum Gasteiger partial charge on any atom is 0.0945 e. The molecular weight excluding hydrogens is 288 g/mol. The van der Waals surface area contributed by atoms with Gasteiger partial charge < -0.3 is 14.6 Å². The molecule has 1 aliphatic heterocycles. The molecule has 3 rings (SSSR count). The lowest BCUT2D eigenvalue weighted by Crippen LogP contribution is -2.40. The zero-order valence-electron chi connectivity index (χ0n) is 14.0. The molecule has 1 saturated heterocycles. The molecule has 0 amide bonds. The number of nitrogens with one attached hydrogen (secondary N) is 1. The fourth-order valence-electron chi connectivity index (χ4n) is 3.02. The first-order valence-electron chi connectivity index (χ1n) is 8.28. The lowest BCUT2D eigenvalue weighted by molar-refractivity contribution is -0.0212. The molecule has 1 N–H and O–H groups in total. The third-order valence-electron chi connectivity index (χ3n) is 4.27. The highest BCUT2D eigenvalue weighted by Crippen LogP contribution is 2.12. The monoisotopic (exact) mass is 314 g/mol. The van der Waals surface area contributed by atoms with Crippen molar-refractivity contribution in [1.29, 1.82) is 0 Å². The quantitative estimate of drug-likeness (QED) is 0.885. The van der Waals surface area contributed by atoms with Crippen LogP contribution >= 0.6 is 0 Å². The number of hydrogen-bond acceptors (Lipinski definition) is 4.